The molecule has 2 rings (SSSR count). The van der Waals surface area contributed by atoms with Crippen LogP contribution < -0.4 is 10.1 Å². The summed E-state index contributed by atoms with van der Waals surface area (Å²) in [6, 6.07) is 5.39. The summed E-state index contributed by atoms with van der Waals surface area (Å²) in [5, 5.41) is 3.36. The minimum absolute atomic E-state index is 0.0862. The van der Waals surface area contributed by atoms with E-state index in [0.29, 0.717) is 29.7 Å². The van der Waals surface area contributed by atoms with Crippen molar-refractivity contribution in [1.82, 2.24) is 4.90 Å². The van der Waals surface area contributed by atoms with Crippen LogP contribution in [0.1, 0.15) is 6.92 Å². The maximum absolute atomic E-state index is 12.3. The highest BCUT2D eigenvalue weighted by atomic mass is 35.5. The summed E-state index contributed by atoms with van der Waals surface area (Å²) in [5.41, 5.74) is 0.666. The van der Waals surface area contributed by atoms with E-state index in [1.54, 1.807) is 25.3 Å². The Kier molecular flexibility index (Phi) is 6.67. The number of thioether (sulfide) groups is 1. The summed E-state index contributed by atoms with van der Waals surface area (Å²) >= 11 is 8.05. The number of hydrogen-bond donors (Lipinski definition) is 1. The van der Waals surface area contributed by atoms with Gasteiger partial charge in [-0.05, 0) is 25.1 Å². The molecule has 2 amide bonds. The van der Waals surface area contributed by atoms with Crippen LogP contribution in [0, 0.1) is 0 Å². The van der Waals surface area contributed by atoms with E-state index in [0.717, 1.165) is 18.1 Å². The van der Waals surface area contributed by atoms with Gasteiger partial charge in [-0.25, -0.2) is 4.79 Å². The number of nitrogens with zero attached hydrogens (tertiary/aromatic N) is 1. The first-order valence-corrected chi connectivity index (χ1v) is 8.71. The maximum atomic E-state index is 12.3. The minimum atomic E-state index is -0.0862. The number of benzene rings is 1. The van der Waals surface area contributed by atoms with Crippen molar-refractivity contribution in [1.29, 1.82) is 0 Å². The molecule has 0 bridgehead atoms. The summed E-state index contributed by atoms with van der Waals surface area (Å²) in [5.74, 6) is 2.53. The predicted octanol–water partition coefficient (Wildman–Crippen LogP) is 3.33. The van der Waals surface area contributed by atoms with Crippen molar-refractivity contribution < 1.29 is 14.3 Å². The summed E-state index contributed by atoms with van der Waals surface area (Å²) in [4.78, 5) is 14.2. The Morgan fingerprint density at radius 1 is 1.50 bits per heavy atom. The van der Waals surface area contributed by atoms with Crippen LogP contribution >= 0.6 is 23.4 Å². The van der Waals surface area contributed by atoms with Gasteiger partial charge in [-0.2, -0.15) is 11.8 Å². The first-order valence-electron chi connectivity index (χ1n) is 7.18. The van der Waals surface area contributed by atoms with E-state index in [1.807, 2.05) is 16.7 Å². The molecular formula is C15H21ClN2O3S. The molecule has 1 saturated heterocycles. The first kappa shape index (κ1) is 17.2. The van der Waals surface area contributed by atoms with Gasteiger partial charge in [-0.3, -0.25) is 0 Å². The topological polar surface area (TPSA) is 50.8 Å². The Hall–Kier alpha value is -1.11. The normalized spacial score (nSPS) is 18.1. The number of urea groups is 1. The van der Waals surface area contributed by atoms with Gasteiger partial charge in [0.05, 0.1) is 11.6 Å². The monoisotopic (exact) mass is 344 g/mol. The zero-order valence-electron chi connectivity index (χ0n) is 12.8. The van der Waals surface area contributed by atoms with Crippen LogP contribution in [0.4, 0.5) is 10.5 Å². The Morgan fingerprint density at radius 2 is 2.32 bits per heavy atom. The third-order valence-corrected chi connectivity index (χ3v) is 4.84. The second-order valence-electron chi connectivity index (χ2n) is 5.03. The van der Waals surface area contributed by atoms with Gasteiger partial charge in [-0.1, -0.05) is 11.6 Å². The van der Waals surface area contributed by atoms with Crippen molar-refractivity contribution in [3.63, 3.8) is 0 Å². The number of rotatable bonds is 5. The number of ether oxygens (including phenoxy) is 2. The van der Waals surface area contributed by atoms with E-state index < -0.39 is 0 Å². The van der Waals surface area contributed by atoms with Crippen LogP contribution in [0.2, 0.25) is 5.02 Å². The number of amides is 2. The molecule has 0 aliphatic carbocycles. The van der Waals surface area contributed by atoms with Crippen molar-refractivity contribution in [2.24, 2.45) is 0 Å². The standard InChI is InChI=1S/C15H21ClN2O3S/c1-11-10-22-8-5-18(11)15(19)17-12-3-4-14(13(16)9-12)21-7-6-20-2/h3-4,9,11H,5-8,10H2,1-2H3,(H,17,19). The molecule has 22 heavy (non-hydrogen) atoms. The highest BCUT2D eigenvalue weighted by Crippen LogP contribution is 2.28. The van der Waals surface area contributed by atoms with Crippen molar-refractivity contribution in [2.75, 3.05) is 43.7 Å². The Labute approximate surface area is 140 Å². The average Bonchev–Trinajstić information content (AvgIpc) is 2.50. The number of methoxy groups -OCH3 is 1. The van der Waals surface area contributed by atoms with E-state index in [4.69, 9.17) is 21.1 Å². The average molecular weight is 345 g/mol. The van der Waals surface area contributed by atoms with Crippen molar-refractivity contribution in [2.45, 2.75) is 13.0 Å². The molecule has 1 heterocycles. The van der Waals surface area contributed by atoms with Crippen LogP contribution in [0.25, 0.3) is 0 Å². The predicted molar refractivity (Wildman–Crippen MR) is 91.3 cm³/mol. The van der Waals surface area contributed by atoms with Gasteiger partial charge in [0.25, 0.3) is 0 Å². The van der Waals surface area contributed by atoms with Crippen LogP contribution in [-0.4, -0.2) is 55.3 Å². The fourth-order valence-corrected chi connectivity index (χ4v) is 3.40. The Balaban J connectivity index is 1.95. The van der Waals surface area contributed by atoms with Crippen LogP contribution in [-0.2, 0) is 4.74 Å². The fraction of sp³-hybridized carbons (Fsp3) is 0.533. The molecule has 1 aromatic carbocycles. The molecular weight excluding hydrogens is 324 g/mol. The summed E-state index contributed by atoms with van der Waals surface area (Å²) < 4.78 is 10.4. The molecule has 1 unspecified atom stereocenters. The fourth-order valence-electron chi connectivity index (χ4n) is 2.15. The van der Waals surface area contributed by atoms with E-state index >= 15 is 0 Å². The van der Waals surface area contributed by atoms with Gasteiger partial charge >= 0.3 is 6.03 Å². The quantitative estimate of drug-likeness (QED) is 0.832. The molecule has 1 fully saturated rings. The Bertz CT molecular complexity index is 516. The maximum Gasteiger partial charge on any atom is 0.322 e. The second-order valence-corrected chi connectivity index (χ2v) is 6.59. The molecule has 1 aromatic rings. The summed E-state index contributed by atoms with van der Waals surface area (Å²) in [6.45, 7) is 3.76. The lowest BCUT2D eigenvalue weighted by molar-refractivity contribution is 0.146. The smallest absolute Gasteiger partial charge is 0.322 e. The van der Waals surface area contributed by atoms with Crippen LogP contribution in [0.3, 0.4) is 0 Å². The molecule has 1 aliphatic rings. The van der Waals surface area contributed by atoms with E-state index in [1.165, 1.54) is 0 Å². The molecule has 0 aromatic heterocycles. The number of halogens is 1. The van der Waals surface area contributed by atoms with Crippen molar-refractivity contribution >= 4 is 35.1 Å². The van der Waals surface area contributed by atoms with E-state index in [-0.39, 0.29) is 12.1 Å². The molecule has 0 radical (unpaired) electrons. The third kappa shape index (κ3) is 4.69. The number of carbonyl (C=O) groups is 1. The number of anilines is 1. The van der Waals surface area contributed by atoms with Gasteiger partial charge in [0, 0.05) is 36.9 Å². The second kappa shape index (κ2) is 8.50. The number of nitrogens with one attached hydrogen (secondary N) is 1. The molecule has 1 aliphatic heterocycles. The zero-order valence-corrected chi connectivity index (χ0v) is 14.4. The van der Waals surface area contributed by atoms with Gasteiger partial charge in [0.2, 0.25) is 0 Å². The lowest BCUT2D eigenvalue weighted by atomic mass is 10.3. The van der Waals surface area contributed by atoms with Gasteiger partial charge in [0.1, 0.15) is 12.4 Å². The molecule has 5 nitrogen and oxygen atoms in total. The molecule has 1 atom stereocenters. The van der Waals surface area contributed by atoms with Gasteiger partial charge in [-0.15, -0.1) is 0 Å². The number of hydrogen-bond acceptors (Lipinski definition) is 4. The van der Waals surface area contributed by atoms with Crippen LogP contribution in [0.15, 0.2) is 18.2 Å². The number of carbonyl (C=O) groups excluding carboxylic acids is 1. The molecule has 0 spiro atoms. The molecule has 7 heteroatoms. The minimum Gasteiger partial charge on any atom is -0.490 e. The zero-order chi connectivity index (χ0) is 15.9. The van der Waals surface area contributed by atoms with Gasteiger partial charge in [0.15, 0.2) is 0 Å². The highest BCUT2D eigenvalue weighted by molar-refractivity contribution is 7.99. The molecule has 0 saturated carbocycles. The highest BCUT2D eigenvalue weighted by Gasteiger charge is 2.23. The van der Waals surface area contributed by atoms with E-state index in [2.05, 4.69) is 12.2 Å². The van der Waals surface area contributed by atoms with Crippen LogP contribution in [0.5, 0.6) is 5.75 Å². The summed E-state index contributed by atoms with van der Waals surface area (Å²) in [6.07, 6.45) is 0. The largest absolute Gasteiger partial charge is 0.490 e. The van der Waals surface area contributed by atoms with E-state index in [9.17, 15) is 4.79 Å². The first-order chi connectivity index (χ1) is 10.6. The lowest BCUT2D eigenvalue weighted by Crippen LogP contribution is -2.46. The lowest BCUT2D eigenvalue weighted by Gasteiger charge is -2.33. The summed E-state index contributed by atoms with van der Waals surface area (Å²) in [7, 11) is 1.61. The SMILES string of the molecule is COCCOc1ccc(NC(=O)N2CCSCC2C)cc1Cl. The van der Waals surface area contributed by atoms with Crippen molar-refractivity contribution in [3.8, 4) is 5.75 Å². The molecule has 1 N–H and O–H groups in total. The van der Waals surface area contributed by atoms with Gasteiger partial charge < -0.3 is 19.7 Å². The molecule has 122 valence electrons. The van der Waals surface area contributed by atoms with Crippen molar-refractivity contribution in [3.05, 3.63) is 23.2 Å². The Morgan fingerprint density at radius 3 is 3.00 bits per heavy atom. The third-order valence-electron chi connectivity index (χ3n) is 3.36.